The van der Waals surface area contributed by atoms with Gasteiger partial charge in [0.2, 0.25) is 10.0 Å². The average molecular weight is 293 g/mol. The molecule has 0 atom stereocenters. The lowest BCUT2D eigenvalue weighted by Crippen LogP contribution is -2.25. The predicted molar refractivity (Wildman–Crippen MR) is 71.5 cm³/mol. The molecule has 1 aromatic carbocycles. The summed E-state index contributed by atoms with van der Waals surface area (Å²) in [6, 6.07) is 6.27. The van der Waals surface area contributed by atoms with Crippen LogP contribution in [0.5, 0.6) is 0 Å². The van der Waals surface area contributed by atoms with E-state index in [1.54, 1.807) is 12.1 Å². The van der Waals surface area contributed by atoms with Gasteiger partial charge in [-0.15, -0.1) is 0 Å². The number of benzene rings is 1. The van der Waals surface area contributed by atoms with Crippen molar-refractivity contribution in [1.82, 2.24) is 9.29 Å². The van der Waals surface area contributed by atoms with Crippen LogP contribution in [0.1, 0.15) is 11.1 Å². The Kier molecular flexibility index (Phi) is 2.95. The van der Waals surface area contributed by atoms with Gasteiger partial charge in [-0.3, -0.25) is 4.98 Å². The molecule has 0 saturated carbocycles. The molecule has 0 radical (unpaired) electrons. The average Bonchev–Trinajstić information content (AvgIpc) is 2.82. The summed E-state index contributed by atoms with van der Waals surface area (Å²) in [6.45, 7) is 0.494. The highest BCUT2D eigenvalue weighted by molar-refractivity contribution is 7.89. The number of anilines is 1. The largest absolute Gasteiger partial charge is 0.399 e. The second kappa shape index (κ2) is 4.53. The fourth-order valence-electron chi connectivity index (χ4n) is 2.24. The third-order valence-corrected chi connectivity index (χ3v) is 5.00. The Labute approximate surface area is 115 Å². The highest BCUT2D eigenvalue weighted by Crippen LogP contribution is 2.29. The van der Waals surface area contributed by atoms with Crippen molar-refractivity contribution in [2.75, 3.05) is 5.73 Å². The van der Waals surface area contributed by atoms with Gasteiger partial charge in [-0.2, -0.15) is 4.31 Å². The smallest absolute Gasteiger partial charge is 0.245 e. The first-order valence-corrected chi connectivity index (χ1v) is 7.39. The molecule has 104 valence electrons. The Morgan fingerprint density at radius 2 is 1.90 bits per heavy atom. The second-order valence-electron chi connectivity index (χ2n) is 4.64. The van der Waals surface area contributed by atoms with E-state index in [9.17, 15) is 12.8 Å². The molecule has 1 aliphatic rings. The third-order valence-electron chi connectivity index (χ3n) is 3.24. The summed E-state index contributed by atoms with van der Waals surface area (Å²) < 4.78 is 39.3. The molecule has 3 rings (SSSR count). The Hall–Kier alpha value is -1.99. The second-order valence-corrected chi connectivity index (χ2v) is 6.58. The zero-order valence-electron chi connectivity index (χ0n) is 10.5. The van der Waals surface area contributed by atoms with Crippen LogP contribution in [0.25, 0.3) is 0 Å². The van der Waals surface area contributed by atoms with Crippen LogP contribution in [0.2, 0.25) is 0 Å². The highest BCUT2D eigenvalue weighted by atomic mass is 32.2. The minimum atomic E-state index is -3.75. The van der Waals surface area contributed by atoms with Crippen molar-refractivity contribution in [2.45, 2.75) is 18.0 Å². The Morgan fingerprint density at radius 1 is 1.15 bits per heavy atom. The molecule has 1 aromatic heterocycles. The van der Waals surface area contributed by atoms with E-state index in [1.165, 1.54) is 4.31 Å². The van der Waals surface area contributed by atoms with Gasteiger partial charge in [0.25, 0.3) is 0 Å². The molecule has 0 fully saturated rings. The zero-order valence-corrected chi connectivity index (χ0v) is 11.3. The maximum Gasteiger partial charge on any atom is 0.245 e. The van der Waals surface area contributed by atoms with Crippen molar-refractivity contribution in [3.8, 4) is 0 Å². The molecule has 2 aromatic rings. The number of pyridine rings is 1. The number of fused-ring (bicyclic) bond motifs is 1. The molecular weight excluding hydrogens is 281 g/mol. The standard InChI is InChI=1S/C13H12FN3O2S/c14-11-4-13(6-16-5-11)20(18,19)17-7-9-1-2-12(15)3-10(9)8-17/h1-6H,7-8,15H2. The van der Waals surface area contributed by atoms with Crippen molar-refractivity contribution in [2.24, 2.45) is 0 Å². The van der Waals surface area contributed by atoms with Gasteiger partial charge in [0.15, 0.2) is 0 Å². The van der Waals surface area contributed by atoms with Gasteiger partial charge in [0.1, 0.15) is 10.7 Å². The van der Waals surface area contributed by atoms with E-state index in [0.717, 1.165) is 29.6 Å². The Bertz CT molecular complexity index is 777. The molecule has 0 spiro atoms. The number of sulfonamides is 1. The van der Waals surface area contributed by atoms with Crippen LogP contribution >= 0.6 is 0 Å². The molecular formula is C13H12FN3O2S. The van der Waals surface area contributed by atoms with E-state index < -0.39 is 15.8 Å². The minimum absolute atomic E-state index is 0.140. The number of nitrogen functional groups attached to an aromatic ring is 1. The van der Waals surface area contributed by atoms with E-state index in [1.807, 2.05) is 6.07 Å². The number of hydrogen-bond acceptors (Lipinski definition) is 4. The quantitative estimate of drug-likeness (QED) is 0.851. The third kappa shape index (κ3) is 2.14. The summed E-state index contributed by atoms with van der Waals surface area (Å²) in [4.78, 5) is 3.44. The van der Waals surface area contributed by atoms with Crippen molar-refractivity contribution >= 4 is 15.7 Å². The van der Waals surface area contributed by atoms with E-state index in [2.05, 4.69) is 4.98 Å². The normalized spacial score (nSPS) is 15.2. The minimum Gasteiger partial charge on any atom is -0.399 e. The molecule has 2 N–H and O–H groups in total. The first-order chi connectivity index (χ1) is 9.46. The van der Waals surface area contributed by atoms with Gasteiger partial charge in [-0.25, -0.2) is 12.8 Å². The maximum atomic E-state index is 13.1. The van der Waals surface area contributed by atoms with Crippen molar-refractivity contribution < 1.29 is 12.8 Å². The van der Waals surface area contributed by atoms with Crippen molar-refractivity contribution in [3.05, 3.63) is 53.6 Å². The molecule has 0 amide bonds. The Balaban J connectivity index is 1.95. The first-order valence-electron chi connectivity index (χ1n) is 5.95. The van der Waals surface area contributed by atoms with Crippen LogP contribution in [0.3, 0.4) is 0 Å². The van der Waals surface area contributed by atoms with Crippen molar-refractivity contribution in [1.29, 1.82) is 0 Å². The number of nitrogens with zero attached hydrogens (tertiary/aromatic N) is 2. The van der Waals surface area contributed by atoms with E-state index >= 15 is 0 Å². The molecule has 5 nitrogen and oxygen atoms in total. The fraction of sp³-hybridized carbons (Fsp3) is 0.154. The molecule has 0 aliphatic carbocycles. The van der Waals surface area contributed by atoms with Crippen LogP contribution in [0, 0.1) is 5.82 Å². The molecule has 2 heterocycles. The lowest BCUT2D eigenvalue weighted by Gasteiger charge is -2.15. The van der Waals surface area contributed by atoms with E-state index in [-0.39, 0.29) is 18.0 Å². The number of rotatable bonds is 2. The summed E-state index contributed by atoms with van der Waals surface area (Å²) >= 11 is 0. The van der Waals surface area contributed by atoms with Gasteiger partial charge in [-0.1, -0.05) is 6.07 Å². The van der Waals surface area contributed by atoms with Crippen LogP contribution in [-0.2, 0) is 23.1 Å². The fourth-order valence-corrected chi connectivity index (χ4v) is 3.61. The summed E-state index contributed by atoms with van der Waals surface area (Å²) in [7, 11) is -3.75. The van der Waals surface area contributed by atoms with Crippen LogP contribution in [0.4, 0.5) is 10.1 Å². The SMILES string of the molecule is Nc1ccc2c(c1)CN(S(=O)(=O)c1cncc(F)c1)C2. The lowest BCUT2D eigenvalue weighted by atomic mass is 10.1. The molecule has 0 unspecified atom stereocenters. The van der Waals surface area contributed by atoms with Crippen LogP contribution in [0.15, 0.2) is 41.6 Å². The predicted octanol–water partition coefficient (Wildman–Crippen LogP) is 1.51. The molecule has 0 bridgehead atoms. The van der Waals surface area contributed by atoms with Gasteiger partial charge in [-0.05, 0) is 29.3 Å². The van der Waals surface area contributed by atoms with E-state index in [4.69, 9.17) is 5.73 Å². The van der Waals surface area contributed by atoms with Gasteiger partial charge in [0.05, 0.1) is 6.20 Å². The van der Waals surface area contributed by atoms with Gasteiger partial charge in [0, 0.05) is 25.0 Å². The first kappa shape index (κ1) is 13.0. The number of halogens is 1. The lowest BCUT2D eigenvalue weighted by molar-refractivity contribution is 0.430. The van der Waals surface area contributed by atoms with Crippen molar-refractivity contribution in [3.63, 3.8) is 0 Å². The molecule has 20 heavy (non-hydrogen) atoms. The molecule has 7 heteroatoms. The van der Waals surface area contributed by atoms with Crippen LogP contribution in [-0.4, -0.2) is 17.7 Å². The zero-order chi connectivity index (χ0) is 14.3. The maximum absolute atomic E-state index is 13.1. The summed E-state index contributed by atoms with van der Waals surface area (Å²) in [5.74, 6) is -0.674. The van der Waals surface area contributed by atoms with Crippen LogP contribution < -0.4 is 5.73 Å². The topological polar surface area (TPSA) is 76.3 Å². The summed E-state index contributed by atoms with van der Waals surface area (Å²) in [6.07, 6.45) is 2.12. The van der Waals surface area contributed by atoms with Gasteiger partial charge < -0.3 is 5.73 Å². The highest BCUT2D eigenvalue weighted by Gasteiger charge is 2.31. The molecule has 0 saturated heterocycles. The summed E-state index contributed by atoms with van der Waals surface area (Å²) in [5, 5.41) is 0. The monoisotopic (exact) mass is 293 g/mol. The Morgan fingerprint density at radius 3 is 2.65 bits per heavy atom. The summed E-state index contributed by atoms with van der Waals surface area (Å²) in [5.41, 5.74) is 8.06. The molecule has 1 aliphatic heterocycles. The number of nitrogens with two attached hydrogens (primary N) is 1. The number of aromatic nitrogens is 1. The van der Waals surface area contributed by atoms with Gasteiger partial charge >= 0.3 is 0 Å². The number of hydrogen-bond donors (Lipinski definition) is 1. The van der Waals surface area contributed by atoms with E-state index in [0.29, 0.717) is 5.69 Å².